The Morgan fingerprint density at radius 2 is 2.04 bits per heavy atom. The van der Waals surface area contributed by atoms with Gasteiger partial charge in [-0.2, -0.15) is 0 Å². The van der Waals surface area contributed by atoms with Crippen molar-refractivity contribution < 1.29 is 4.79 Å². The SMILES string of the molecule is Cc1ccccc1-n1cnnc1SCC(=O)c1cc(C)n(-c2nccs2)c1C. The van der Waals surface area contributed by atoms with Crippen molar-refractivity contribution in [3.8, 4) is 10.8 Å². The van der Waals surface area contributed by atoms with Crippen LogP contribution in [-0.2, 0) is 0 Å². The van der Waals surface area contributed by atoms with Crippen molar-refractivity contribution in [2.75, 3.05) is 5.75 Å². The monoisotopic (exact) mass is 409 g/mol. The lowest BCUT2D eigenvalue weighted by Crippen LogP contribution is -2.06. The molecule has 0 spiro atoms. The lowest BCUT2D eigenvalue weighted by molar-refractivity contribution is 0.102. The number of nitrogens with zero attached hydrogens (tertiary/aromatic N) is 5. The highest BCUT2D eigenvalue weighted by molar-refractivity contribution is 7.99. The number of aromatic nitrogens is 5. The molecule has 0 saturated carbocycles. The number of aryl methyl sites for hydroxylation is 2. The minimum Gasteiger partial charge on any atom is -0.294 e. The van der Waals surface area contributed by atoms with Gasteiger partial charge in [0.15, 0.2) is 16.1 Å². The standard InChI is InChI=1S/C20H19N5OS2/c1-13-6-4-5-7-17(13)24-12-22-23-20(24)28-11-18(26)16-10-14(2)25(15(16)3)19-21-8-9-27-19/h4-10,12H,11H2,1-3H3. The molecule has 0 aliphatic carbocycles. The summed E-state index contributed by atoms with van der Waals surface area (Å²) in [4.78, 5) is 17.3. The molecular formula is C20H19N5OS2. The first-order valence-electron chi connectivity index (χ1n) is 8.77. The number of hydrogen-bond acceptors (Lipinski definition) is 6. The number of rotatable bonds is 6. The second-order valence-corrected chi connectivity index (χ2v) is 8.23. The molecule has 142 valence electrons. The number of thioether (sulfide) groups is 1. The van der Waals surface area contributed by atoms with Crippen molar-refractivity contribution in [2.45, 2.75) is 25.9 Å². The highest BCUT2D eigenvalue weighted by atomic mass is 32.2. The third-order valence-corrected chi connectivity index (χ3v) is 6.27. The van der Waals surface area contributed by atoms with Crippen molar-refractivity contribution in [3.63, 3.8) is 0 Å². The van der Waals surface area contributed by atoms with Gasteiger partial charge >= 0.3 is 0 Å². The van der Waals surface area contributed by atoms with Crippen LogP contribution in [0.15, 0.2) is 53.4 Å². The maximum atomic E-state index is 12.9. The van der Waals surface area contributed by atoms with Crippen molar-refractivity contribution >= 4 is 28.9 Å². The molecule has 0 atom stereocenters. The summed E-state index contributed by atoms with van der Waals surface area (Å²) in [5, 5.41) is 11.7. The van der Waals surface area contributed by atoms with Crippen LogP contribution in [0.4, 0.5) is 0 Å². The second-order valence-electron chi connectivity index (χ2n) is 6.42. The van der Waals surface area contributed by atoms with E-state index in [-0.39, 0.29) is 5.78 Å². The number of carbonyl (C=O) groups is 1. The summed E-state index contributed by atoms with van der Waals surface area (Å²) in [6.45, 7) is 6.00. The topological polar surface area (TPSA) is 65.6 Å². The highest BCUT2D eigenvalue weighted by Gasteiger charge is 2.19. The number of benzene rings is 1. The number of para-hydroxylation sites is 1. The zero-order valence-electron chi connectivity index (χ0n) is 15.8. The fourth-order valence-corrected chi connectivity index (χ4v) is 4.75. The van der Waals surface area contributed by atoms with Gasteiger partial charge in [-0.25, -0.2) is 4.98 Å². The van der Waals surface area contributed by atoms with E-state index >= 15 is 0 Å². The molecule has 0 fully saturated rings. The van der Waals surface area contributed by atoms with Gasteiger partial charge in [0.05, 0.1) is 11.4 Å². The molecule has 0 amide bonds. The maximum Gasteiger partial charge on any atom is 0.196 e. The summed E-state index contributed by atoms with van der Waals surface area (Å²) in [5.41, 5.74) is 4.79. The molecule has 1 aromatic carbocycles. The molecule has 0 saturated heterocycles. The Balaban J connectivity index is 1.55. The third kappa shape index (κ3) is 3.41. The van der Waals surface area contributed by atoms with Gasteiger partial charge in [-0.3, -0.25) is 13.9 Å². The third-order valence-electron chi connectivity index (χ3n) is 4.57. The number of Topliss-reactive ketones (excluding diaryl/α,β-unsaturated/α-hetero) is 1. The van der Waals surface area contributed by atoms with Crippen molar-refractivity contribution in [2.24, 2.45) is 0 Å². The van der Waals surface area contributed by atoms with E-state index in [2.05, 4.69) is 15.2 Å². The fraction of sp³-hybridized carbons (Fsp3) is 0.200. The molecule has 0 aliphatic rings. The normalized spacial score (nSPS) is 11.1. The van der Waals surface area contributed by atoms with Gasteiger partial charge in [0.1, 0.15) is 6.33 Å². The Labute approximate surface area is 171 Å². The van der Waals surface area contributed by atoms with Crippen LogP contribution >= 0.6 is 23.1 Å². The predicted octanol–water partition coefficient (Wildman–Crippen LogP) is 4.41. The van der Waals surface area contributed by atoms with Crippen LogP contribution in [-0.4, -0.2) is 35.9 Å². The lowest BCUT2D eigenvalue weighted by atomic mass is 10.2. The molecule has 3 aromatic heterocycles. The lowest BCUT2D eigenvalue weighted by Gasteiger charge is -2.09. The highest BCUT2D eigenvalue weighted by Crippen LogP contribution is 2.26. The van der Waals surface area contributed by atoms with Crippen molar-refractivity contribution in [3.05, 3.63) is 70.8 Å². The van der Waals surface area contributed by atoms with E-state index in [0.717, 1.165) is 33.3 Å². The van der Waals surface area contributed by atoms with Crippen LogP contribution in [0.5, 0.6) is 0 Å². The smallest absolute Gasteiger partial charge is 0.196 e. The Kier molecular flexibility index (Phi) is 5.15. The molecule has 8 heteroatoms. The summed E-state index contributed by atoms with van der Waals surface area (Å²) >= 11 is 2.95. The molecule has 0 aliphatic heterocycles. The molecule has 4 aromatic rings. The molecule has 3 heterocycles. The van der Waals surface area contributed by atoms with E-state index in [0.29, 0.717) is 10.9 Å². The first-order valence-corrected chi connectivity index (χ1v) is 10.6. The molecule has 0 N–H and O–H groups in total. The summed E-state index contributed by atoms with van der Waals surface area (Å²) in [6, 6.07) is 9.98. The minimum absolute atomic E-state index is 0.0697. The van der Waals surface area contributed by atoms with Crippen LogP contribution in [0.3, 0.4) is 0 Å². The predicted molar refractivity (Wildman–Crippen MR) is 112 cm³/mol. The average Bonchev–Trinajstić information content (AvgIpc) is 3.41. The Bertz CT molecular complexity index is 1130. The molecule has 0 radical (unpaired) electrons. The largest absolute Gasteiger partial charge is 0.294 e. The van der Waals surface area contributed by atoms with Crippen molar-refractivity contribution in [1.82, 2.24) is 24.3 Å². The second kappa shape index (κ2) is 7.73. The van der Waals surface area contributed by atoms with Gasteiger partial charge < -0.3 is 0 Å². The van der Waals surface area contributed by atoms with E-state index in [1.807, 2.05) is 65.6 Å². The first kappa shape index (κ1) is 18.6. The summed E-state index contributed by atoms with van der Waals surface area (Å²) < 4.78 is 3.95. The van der Waals surface area contributed by atoms with E-state index in [4.69, 9.17) is 0 Å². The Morgan fingerprint density at radius 1 is 1.21 bits per heavy atom. The van der Waals surface area contributed by atoms with Gasteiger partial charge in [-0.05, 0) is 38.5 Å². The number of carbonyl (C=O) groups excluding carboxylic acids is 1. The van der Waals surface area contributed by atoms with Crippen LogP contribution in [0, 0.1) is 20.8 Å². The number of hydrogen-bond donors (Lipinski definition) is 0. The van der Waals surface area contributed by atoms with Crippen LogP contribution in [0.25, 0.3) is 10.8 Å². The summed E-state index contributed by atoms with van der Waals surface area (Å²) in [5.74, 6) is 0.368. The van der Waals surface area contributed by atoms with Crippen LogP contribution in [0.2, 0.25) is 0 Å². The first-order chi connectivity index (χ1) is 13.6. The van der Waals surface area contributed by atoms with Gasteiger partial charge in [0.25, 0.3) is 0 Å². The summed E-state index contributed by atoms with van der Waals surface area (Å²) in [7, 11) is 0. The van der Waals surface area contributed by atoms with E-state index < -0.39 is 0 Å². The van der Waals surface area contributed by atoms with E-state index in [9.17, 15) is 4.79 Å². The molecule has 28 heavy (non-hydrogen) atoms. The zero-order chi connectivity index (χ0) is 19.7. The minimum atomic E-state index is 0.0697. The van der Waals surface area contributed by atoms with Gasteiger partial charge in [0, 0.05) is 28.5 Å². The van der Waals surface area contributed by atoms with Crippen LogP contribution in [0.1, 0.15) is 27.3 Å². The molecule has 0 unspecified atom stereocenters. The summed E-state index contributed by atoms with van der Waals surface area (Å²) in [6.07, 6.45) is 3.46. The zero-order valence-corrected chi connectivity index (χ0v) is 17.4. The van der Waals surface area contributed by atoms with Crippen LogP contribution < -0.4 is 0 Å². The average molecular weight is 410 g/mol. The quantitative estimate of drug-likeness (QED) is 0.348. The Hall–Kier alpha value is -2.71. The number of ketones is 1. The van der Waals surface area contributed by atoms with Gasteiger partial charge in [-0.1, -0.05) is 30.0 Å². The molecule has 4 rings (SSSR count). The molecular weight excluding hydrogens is 390 g/mol. The molecule has 6 nitrogen and oxygen atoms in total. The van der Waals surface area contributed by atoms with E-state index in [1.165, 1.54) is 11.8 Å². The number of thiazole rings is 1. The fourth-order valence-electron chi connectivity index (χ4n) is 3.20. The van der Waals surface area contributed by atoms with Crippen molar-refractivity contribution in [1.29, 1.82) is 0 Å². The maximum absolute atomic E-state index is 12.9. The van der Waals surface area contributed by atoms with Gasteiger partial charge in [-0.15, -0.1) is 21.5 Å². The Morgan fingerprint density at radius 3 is 2.79 bits per heavy atom. The van der Waals surface area contributed by atoms with Gasteiger partial charge in [0.2, 0.25) is 0 Å². The molecule has 0 bridgehead atoms. The van der Waals surface area contributed by atoms with E-state index in [1.54, 1.807) is 23.9 Å².